The molecule has 0 aliphatic rings. The second-order valence-corrected chi connectivity index (χ2v) is 9.08. The normalized spacial score (nSPS) is 13.3. The van der Waals surface area contributed by atoms with Crippen LogP contribution in [-0.4, -0.2) is 70.8 Å². The Hall–Kier alpha value is -1.72. The fourth-order valence-electron chi connectivity index (χ4n) is 2.00. The van der Waals surface area contributed by atoms with Crippen LogP contribution in [0.2, 0.25) is 0 Å². The molecule has 1 aromatic rings. The molecule has 1 aromatic heterocycles. The second-order valence-electron chi connectivity index (χ2n) is 5.79. The lowest BCUT2D eigenvalue weighted by Crippen LogP contribution is -2.40. The molecule has 154 valence electrons. The first-order valence-corrected chi connectivity index (χ1v) is 11.4. The summed E-state index contributed by atoms with van der Waals surface area (Å²) in [4.78, 5) is 21.0. The smallest absolute Gasteiger partial charge is 0.350 e. The van der Waals surface area contributed by atoms with Crippen molar-refractivity contribution < 1.29 is 22.7 Å². The lowest BCUT2D eigenvalue weighted by molar-refractivity contribution is 0.0531. The van der Waals surface area contributed by atoms with Gasteiger partial charge in [0.05, 0.1) is 37.3 Å². The lowest BCUT2D eigenvalue weighted by Gasteiger charge is -2.16. The predicted octanol–water partition coefficient (Wildman–Crippen LogP) is 0.915. The van der Waals surface area contributed by atoms with Crippen molar-refractivity contribution in [1.82, 2.24) is 15.6 Å². The van der Waals surface area contributed by atoms with Crippen molar-refractivity contribution in [3.05, 3.63) is 15.6 Å². The van der Waals surface area contributed by atoms with Crippen LogP contribution in [0.15, 0.2) is 4.99 Å². The van der Waals surface area contributed by atoms with E-state index in [1.54, 1.807) is 20.9 Å². The molecule has 1 heterocycles. The maximum atomic E-state index is 11.9. The van der Waals surface area contributed by atoms with Gasteiger partial charge in [-0.25, -0.2) is 18.2 Å². The molecule has 1 rings (SSSR count). The summed E-state index contributed by atoms with van der Waals surface area (Å²) in [7, 11) is -1.37. The van der Waals surface area contributed by atoms with Gasteiger partial charge in [0.2, 0.25) is 0 Å². The van der Waals surface area contributed by atoms with Crippen molar-refractivity contribution in [3.63, 3.8) is 0 Å². The Balaban J connectivity index is 2.48. The molecule has 0 spiro atoms. The Morgan fingerprint density at radius 1 is 1.37 bits per heavy atom. The van der Waals surface area contributed by atoms with Crippen molar-refractivity contribution in [1.29, 1.82) is 0 Å². The van der Waals surface area contributed by atoms with Crippen molar-refractivity contribution in [2.45, 2.75) is 26.8 Å². The molecule has 0 aliphatic carbocycles. The molecule has 0 radical (unpaired) electrons. The van der Waals surface area contributed by atoms with Crippen molar-refractivity contribution in [3.8, 4) is 0 Å². The van der Waals surface area contributed by atoms with Crippen LogP contribution < -0.4 is 10.6 Å². The van der Waals surface area contributed by atoms with Gasteiger partial charge in [0.1, 0.15) is 19.7 Å². The number of aryl methyl sites for hydroxylation is 1. The first kappa shape index (κ1) is 23.3. The molecule has 0 aromatic carbocycles. The molecule has 0 saturated carbocycles. The molecule has 27 heavy (non-hydrogen) atoms. The maximum Gasteiger partial charge on any atom is 0.350 e. The molecular formula is C16H28N4O5S2. The van der Waals surface area contributed by atoms with Crippen LogP contribution >= 0.6 is 11.3 Å². The lowest BCUT2D eigenvalue weighted by atomic mass is 10.3. The largest absolute Gasteiger partial charge is 0.462 e. The van der Waals surface area contributed by atoms with E-state index in [-0.39, 0.29) is 24.4 Å². The monoisotopic (exact) mass is 420 g/mol. The summed E-state index contributed by atoms with van der Waals surface area (Å²) >= 11 is 1.29. The highest BCUT2D eigenvalue weighted by molar-refractivity contribution is 7.90. The van der Waals surface area contributed by atoms with Crippen LogP contribution in [0.1, 0.15) is 40.3 Å². The SMILES string of the molecule is CCOC(=O)c1sc(C(C)NC(=NC)NCCOCCS(C)(=O)=O)nc1C. The summed E-state index contributed by atoms with van der Waals surface area (Å²) < 4.78 is 32.4. The van der Waals surface area contributed by atoms with Crippen molar-refractivity contribution in [2.75, 3.05) is 45.4 Å². The summed E-state index contributed by atoms with van der Waals surface area (Å²) in [5.74, 6) is 0.197. The Morgan fingerprint density at radius 2 is 2.07 bits per heavy atom. The predicted molar refractivity (Wildman–Crippen MR) is 106 cm³/mol. The van der Waals surface area contributed by atoms with Crippen LogP contribution in [0, 0.1) is 6.92 Å². The van der Waals surface area contributed by atoms with E-state index in [4.69, 9.17) is 9.47 Å². The number of aromatic nitrogens is 1. The molecule has 0 saturated heterocycles. The minimum absolute atomic E-state index is 0.00318. The first-order valence-electron chi connectivity index (χ1n) is 8.55. The van der Waals surface area contributed by atoms with Gasteiger partial charge in [-0.1, -0.05) is 0 Å². The van der Waals surface area contributed by atoms with Crippen LogP contribution in [0.4, 0.5) is 0 Å². The Morgan fingerprint density at radius 3 is 2.67 bits per heavy atom. The van der Waals surface area contributed by atoms with Gasteiger partial charge >= 0.3 is 5.97 Å². The molecule has 2 N–H and O–H groups in total. The van der Waals surface area contributed by atoms with Gasteiger partial charge in [-0.15, -0.1) is 11.3 Å². The topological polar surface area (TPSA) is 119 Å². The number of thiazole rings is 1. The highest BCUT2D eigenvalue weighted by atomic mass is 32.2. The quantitative estimate of drug-likeness (QED) is 0.248. The Bertz CT molecular complexity index is 746. The van der Waals surface area contributed by atoms with Gasteiger partial charge in [0.25, 0.3) is 0 Å². The average Bonchev–Trinajstić information content (AvgIpc) is 2.98. The van der Waals surface area contributed by atoms with E-state index in [2.05, 4.69) is 20.6 Å². The number of guanidine groups is 1. The molecule has 1 unspecified atom stereocenters. The summed E-state index contributed by atoms with van der Waals surface area (Å²) in [6.45, 7) is 6.78. The number of hydrogen-bond donors (Lipinski definition) is 2. The number of ether oxygens (including phenoxy) is 2. The number of nitrogens with one attached hydrogen (secondary N) is 2. The van der Waals surface area contributed by atoms with Gasteiger partial charge in [0.15, 0.2) is 5.96 Å². The van der Waals surface area contributed by atoms with E-state index < -0.39 is 9.84 Å². The summed E-state index contributed by atoms with van der Waals surface area (Å²) in [5.41, 5.74) is 0.643. The average molecular weight is 421 g/mol. The van der Waals surface area contributed by atoms with Gasteiger partial charge < -0.3 is 20.1 Å². The van der Waals surface area contributed by atoms with Crippen molar-refractivity contribution in [2.24, 2.45) is 4.99 Å². The fraction of sp³-hybridized carbons (Fsp3) is 0.688. The minimum atomic E-state index is -3.01. The van der Waals surface area contributed by atoms with Gasteiger partial charge in [0, 0.05) is 19.8 Å². The number of nitrogens with zero attached hydrogens (tertiary/aromatic N) is 2. The number of sulfone groups is 1. The summed E-state index contributed by atoms with van der Waals surface area (Å²) in [6.07, 6.45) is 1.18. The number of esters is 1. The molecule has 9 nitrogen and oxygen atoms in total. The van der Waals surface area contributed by atoms with Crippen LogP contribution in [0.25, 0.3) is 0 Å². The molecule has 11 heteroatoms. The van der Waals surface area contributed by atoms with E-state index in [1.807, 2.05) is 6.92 Å². The van der Waals surface area contributed by atoms with Gasteiger partial charge in [-0.05, 0) is 20.8 Å². The molecule has 1 atom stereocenters. The van der Waals surface area contributed by atoms with Crippen LogP contribution in [0.3, 0.4) is 0 Å². The van der Waals surface area contributed by atoms with Crippen LogP contribution in [-0.2, 0) is 19.3 Å². The second kappa shape index (κ2) is 11.2. The van der Waals surface area contributed by atoms with Crippen molar-refractivity contribution >= 4 is 33.1 Å². The molecule has 0 bridgehead atoms. The third-order valence-electron chi connectivity index (χ3n) is 3.36. The number of hydrogen-bond acceptors (Lipinski definition) is 8. The van der Waals surface area contributed by atoms with Gasteiger partial charge in [-0.2, -0.15) is 0 Å². The summed E-state index contributed by atoms with van der Waals surface area (Å²) in [6, 6.07) is -0.158. The van der Waals surface area contributed by atoms with Gasteiger partial charge in [-0.3, -0.25) is 4.99 Å². The molecule has 0 fully saturated rings. The highest BCUT2D eigenvalue weighted by Gasteiger charge is 2.20. The fourth-order valence-corrected chi connectivity index (χ4v) is 3.39. The first-order chi connectivity index (χ1) is 12.7. The maximum absolute atomic E-state index is 11.9. The Kier molecular flexibility index (Phi) is 9.67. The third-order valence-corrected chi connectivity index (χ3v) is 5.59. The molecule has 0 aliphatic heterocycles. The van der Waals surface area contributed by atoms with E-state index in [0.29, 0.717) is 36.3 Å². The zero-order valence-corrected chi connectivity index (χ0v) is 18.0. The number of aliphatic imine (C=N–C) groups is 1. The number of carbonyl (C=O) groups excluding carboxylic acids is 1. The zero-order valence-electron chi connectivity index (χ0n) is 16.4. The highest BCUT2D eigenvalue weighted by Crippen LogP contribution is 2.24. The Labute approximate surface area is 164 Å². The number of rotatable bonds is 10. The van der Waals surface area contributed by atoms with E-state index in [0.717, 1.165) is 5.01 Å². The molecular weight excluding hydrogens is 392 g/mol. The van der Waals surface area contributed by atoms with E-state index in [1.165, 1.54) is 17.6 Å². The third kappa shape index (κ3) is 8.67. The van der Waals surface area contributed by atoms with E-state index >= 15 is 0 Å². The molecule has 0 amide bonds. The minimum Gasteiger partial charge on any atom is -0.462 e. The standard InChI is InChI=1S/C16H28N4O5S2/c1-6-25-15(21)13-11(2)19-14(26-13)12(3)20-16(17-4)18-7-8-24-9-10-27(5,22)23/h12H,6-10H2,1-5H3,(H2,17,18,20). The number of carbonyl (C=O) groups is 1. The van der Waals surface area contributed by atoms with E-state index in [9.17, 15) is 13.2 Å². The summed E-state index contributed by atoms with van der Waals surface area (Å²) in [5, 5.41) is 7.03. The zero-order chi connectivity index (χ0) is 20.4. The van der Waals surface area contributed by atoms with Crippen LogP contribution in [0.5, 0.6) is 0 Å².